The molecule has 2 fully saturated rings. The molecule has 1 heterocycles. The minimum atomic E-state index is -2.67. The highest BCUT2D eigenvalue weighted by Crippen LogP contribution is 2.29. The first-order valence-corrected chi connectivity index (χ1v) is 5.71. The van der Waals surface area contributed by atoms with Gasteiger partial charge in [0.15, 0.2) is 0 Å². The summed E-state index contributed by atoms with van der Waals surface area (Å²) in [7, 11) is 0. The highest BCUT2D eigenvalue weighted by molar-refractivity contribution is 5.74. The van der Waals surface area contributed by atoms with Crippen LogP contribution in [0, 0.1) is 5.92 Å². The van der Waals surface area contributed by atoms with E-state index in [9.17, 15) is 13.6 Å². The highest BCUT2D eigenvalue weighted by Gasteiger charge is 2.41. The van der Waals surface area contributed by atoms with E-state index in [-0.39, 0.29) is 31.6 Å². The Labute approximate surface area is 93.2 Å². The molecule has 1 saturated heterocycles. The molecule has 0 aromatic heterocycles. The van der Waals surface area contributed by atoms with Crippen molar-refractivity contribution in [3.8, 4) is 0 Å². The fourth-order valence-electron chi connectivity index (χ4n) is 1.79. The molecule has 1 unspecified atom stereocenters. The first-order chi connectivity index (χ1) is 7.58. The van der Waals surface area contributed by atoms with E-state index in [2.05, 4.69) is 16.0 Å². The number of hydrogen-bond donors (Lipinski definition) is 3. The fraction of sp³-hybridized carbons (Fsp3) is 0.900. The van der Waals surface area contributed by atoms with Crippen molar-refractivity contribution >= 4 is 6.03 Å². The normalized spacial score (nSPS) is 28.5. The van der Waals surface area contributed by atoms with E-state index in [0.29, 0.717) is 6.54 Å². The quantitative estimate of drug-likeness (QED) is 0.672. The van der Waals surface area contributed by atoms with E-state index < -0.39 is 11.8 Å². The average Bonchev–Trinajstić information content (AvgIpc) is 2.99. The maximum absolute atomic E-state index is 13.4. The van der Waals surface area contributed by atoms with Crippen LogP contribution in [-0.4, -0.2) is 37.6 Å². The predicted octanol–water partition coefficient (Wildman–Crippen LogP) is 0.693. The lowest BCUT2D eigenvalue weighted by Crippen LogP contribution is -2.51. The zero-order chi connectivity index (χ0) is 11.6. The Bertz CT molecular complexity index is 269. The van der Waals surface area contributed by atoms with Crippen molar-refractivity contribution in [1.29, 1.82) is 0 Å². The molecule has 16 heavy (non-hydrogen) atoms. The number of piperidine rings is 1. The molecule has 0 aromatic rings. The van der Waals surface area contributed by atoms with Crippen LogP contribution in [0.5, 0.6) is 0 Å². The Morgan fingerprint density at radius 1 is 1.44 bits per heavy atom. The van der Waals surface area contributed by atoms with Gasteiger partial charge in [0.1, 0.15) is 0 Å². The summed E-state index contributed by atoms with van der Waals surface area (Å²) in [5.41, 5.74) is 0. The number of carbonyl (C=O) groups excluding carboxylic acids is 1. The van der Waals surface area contributed by atoms with Gasteiger partial charge in [0.2, 0.25) is 0 Å². The Morgan fingerprint density at radius 2 is 2.19 bits per heavy atom. The molecule has 1 aliphatic carbocycles. The minimum Gasteiger partial charge on any atom is -0.338 e. The molecule has 6 heteroatoms. The molecule has 1 aliphatic heterocycles. The smallest absolute Gasteiger partial charge is 0.315 e. The second-order valence-electron chi connectivity index (χ2n) is 4.54. The van der Waals surface area contributed by atoms with Crippen LogP contribution in [0.1, 0.15) is 19.3 Å². The van der Waals surface area contributed by atoms with Crippen molar-refractivity contribution in [3.63, 3.8) is 0 Å². The van der Waals surface area contributed by atoms with Gasteiger partial charge in [0.25, 0.3) is 5.92 Å². The van der Waals surface area contributed by atoms with Crippen LogP contribution in [0.3, 0.4) is 0 Å². The minimum absolute atomic E-state index is 0.0263. The Morgan fingerprint density at radius 3 is 2.81 bits per heavy atom. The van der Waals surface area contributed by atoms with E-state index in [1.54, 1.807) is 0 Å². The summed E-state index contributed by atoms with van der Waals surface area (Å²) in [6.07, 6.45) is 1.84. The third-order valence-electron chi connectivity index (χ3n) is 3.04. The number of nitrogens with one attached hydrogen (secondary N) is 3. The fourth-order valence-corrected chi connectivity index (χ4v) is 1.79. The summed E-state index contributed by atoms with van der Waals surface area (Å²) < 4.78 is 26.8. The molecule has 0 aromatic carbocycles. The van der Waals surface area contributed by atoms with Gasteiger partial charge >= 0.3 is 6.03 Å². The summed E-state index contributed by atoms with van der Waals surface area (Å²) >= 11 is 0. The third kappa shape index (κ3) is 3.04. The van der Waals surface area contributed by atoms with E-state index >= 15 is 0 Å². The van der Waals surface area contributed by atoms with Gasteiger partial charge < -0.3 is 16.0 Å². The van der Waals surface area contributed by atoms with Crippen LogP contribution in [0.15, 0.2) is 0 Å². The number of amides is 2. The van der Waals surface area contributed by atoms with E-state index in [1.807, 2.05) is 0 Å². The van der Waals surface area contributed by atoms with E-state index in [4.69, 9.17) is 0 Å². The molecule has 3 N–H and O–H groups in total. The van der Waals surface area contributed by atoms with Crippen LogP contribution in [-0.2, 0) is 0 Å². The van der Waals surface area contributed by atoms with Gasteiger partial charge in [0, 0.05) is 32.1 Å². The molecule has 1 saturated carbocycles. The number of alkyl halides is 2. The third-order valence-corrected chi connectivity index (χ3v) is 3.04. The van der Waals surface area contributed by atoms with Crippen LogP contribution in [0.25, 0.3) is 0 Å². The lowest BCUT2D eigenvalue weighted by atomic mass is 9.95. The van der Waals surface area contributed by atoms with Gasteiger partial charge in [-0.1, -0.05) is 0 Å². The molecule has 92 valence electrons. The van der Waals surface area contributed by atoms with Gasteiger partial charge in [-0.05, 0) is 12.8 Å². The van der Waals surface area contributed by atoms with Crippen LogP contribution in [0.2, 0.25) is 0 Å². The Hall–Kier alpha value is -0.910. The molecule has 2 rings (SSSR count). The SMILES string of the molecule is O=C(NCC1CNCCC1(F)F)NC1CC1. The molecular weight excluding hydrogens is 216 g/mol. The summed E-state index contributed by atoms with van der Waals surface area (Å²) in [5, 5.41) is 8.13. The van der Waals surface area contributed by atoms with Crippen LogP contribution >= 0.6 is 0 Å². The van der Waals surface area contributed by atoms with Gasteiger partial charge in [-0.15, -0.1) is 0 Å². The summed E-state index contributed by atoms with van der Waals surface area (Å²) in [4.78, 5) is 11.3. The van der Waals surface area contributed by atoms with Crippen LogP contribution < -0.4 is 16.0 Å². The number of hydrogen-bond acceptors (Lipinski definition) is 2. The van der Waals surface area contributed by atoms with Crippen molar-refractivity contribution in [1.82, 2.24) is 16.0 Å². The predicted molar refractivity (Wildman–Crippen MR) is 55.5 cm³/mol. The lowest BCUT2D eigenvalue weighted by Gasteiger charge is -2.31. The van der Waals surface area contributed by atoms with Crippen molar-refractivity contribution in [2.24, 2.45) is 5.92 Å². The molecule has 2 aliphatic rings. The van der Waals surface area contributed by atoms with Gasteiger partial charge in [0.05, 0.1) is 5.92 Å². The van der Waals surface area contributed by atoms with Crippen molar-refractivity contribution in [2.45, 2.75) is 31.2 Å². The largest absolute Gasteiger partial charge is 0.338 e. The standard InChI is InChI=1S/C10H17F2N3O/c11-10(12)3-4-13-5-7(10)6-14-9(16)15-8-1-2-8/h7-8,13H,1-6H2,(H2,14,15,16). The molecule has 1 atom stereocenters. The molecular formula is C10H17F2N3O. The van der Waals surface area contributed by atoms with Gasteiger partial charge in [-0.3, -0.25) is 0 Å². The molecule has 2 amide bonds. The molecule has 0 bridgehead atoms. The maximum atomic E-state index is 13.4. The van der Waals surface area contributed by atoms with Crippen molar-refractivity contribution in [2.75, 3.05) is 19.6 Å². The van der Waals surface area contributed by atoms with Crippen molar-refractivity contribution in [3.05, 3.63) is 0 Å². The monoisotopic (exact) mass is 233 g/mol. The first kappa shape index (κ1) is 11.6. The summed E-state index contributed by atoms with van der Waals surface area (Å²) in [6.45, 7) is 0.632. The second-order valence-corrected chi connectivity index (χ2v) is 4.54. The van der Waals surface area contributed by atoms with Crippen LogP contribution in [0.4, 0.5) is 13.6 Å². The zero-order valence-corrected chi connectivity index (χ0v) is 9.06. The Balaban J connectivity index is 1.72. The Kier molecular flexibility index (Phi) is 3.28. The lowest BCUT2D eigenvalue weighted by molar-refractivity contribution is -0.0759. The summed E-state index contributed by atoms with van der Waals surface area (Å²) in [5.74, 6) is -3.47. The van der Waals surface area contributed by atoms with E-state index in [1.165, 1.54) is 0 Å². The topological polar surface area (TPSA) is 53.2 Å². The number of rotatable bonds is 3. The number of urea groups is 1. The molecule has 0 spiro atoms. The second kappa shape index (κ2) is 4.53. The maximum Gasteiger partial charge on any atom is 0.315 e. The summed E-state index contributed by atoms with van der Waals surface area (Å²) in [6, 6.07) is -0.0751. The highest BCUT2D eigenvalue weighted by atomic mass is 19.3. The van der Waals surface area contributed by atoms with Gasteiger partial charge in [-0.2, -0.15) is 0 Å². The molecule has 0 radical (unpaired) electrons. The van der Waals surface area contributed by atoms with Crippen molar-refractivity contribution < 1.29 is 13.6 Å². The van der Waals surface area contributed by atoms with E-state index in [0.717, 1.165) is 12.8 Å². The van der Waals surface area contributed by atoms with Gasteiger partial charge in [-0.25, -0.2) is 13.6 Å². The number of halogens is 2. The zero-order valence-electron chi connectivity index (χ0n) is 9.06. The number of carbonyl (C=O) groups is 1. The molecule has 4 nitrogen and oxygen atoms in total. The first-order valence-electron chi connectivity index (χ1n) is 5.71. The average molecular weight is 233 g/mol.